The van der Waals surface area contributed by atoms with Gasteiger partial charge in [-0.2, -0.15) is 0 Å². The topological polar surface area (TPSA) is 4.93 Å². The summed E-state index contributed by atoms with van der Waals surface area (Å²) >= 11 is 0. The van der Waals surface area contributed by atoms with Gasteiger partial charge in [0.15, 0.2) is 0 Å². The van der Waals surface area contributed by atoms with Crippen molar-refractivity contribution in [2.75, 3.05) is 0 Å². The van der Waals surface area contributed by atoms with Crippen LogP contribution in [0.3, 0.4) is 0 Å². The standard InChI is InChI=1S/C42H27N/c1-2-11-28(12-3-1)30-23-26-41-39(27-30)36-16-8-9-20-40(36)43(41)31-24-21-29(22-25-31)32-18-10-19-38-35-14-5-4-13-33(35)34-15-6-7-17-37(34)42(32)38/h1-27H. The van der Waals surface area contributed by atoms with E-state index >= 15 is 0 Å². The molecule has 1 heteroatoms. The van der Waals surface area contributed by atoms with Crippen molar-refractivity contribution >= 4 is 54.1 Å². The molecule has 1 aromatic heterocycles. The first-order chi connectivity index (χ1) is 21.3. The Kier molecular flexibility index (Phi) is 5.27. The third-order valence-electron chi connectivity index (χ3n) is 8.98. The van der Waals surface area contributed by atoms with Crippen LogP contribution in [-0.4, -0.2) is 4.57 Å². The minimum atomic E-state index is 1.16. The van der Waals surface area contributed by atoms with Crippen molar-refractivity contribution in [2.45, 2.75) is 0 Å². The fourth-order valence-corrected chi connectivity index (χ4v) is 7.05. The van der Waals surface area contributed by atoms with Crippen LogP contribution in [0.25, 0.3) is 82.1 Å². The zero-order chi connectivity index (χ0) is 28.3. The van der Waals surface area contributed by atoms with Crippen LogP contribution >= 0.6 is 0 Å². The summed E-state index contributed by atoms with van der Waals surface area (Å²) in [6, 6.07) is 59.7. The van der Waals surface area contributed by atoms with E-state index in [1.165, 1.54) is 76.4 Å². The predicted octanol–water partition coefficient (Wildman–Crippen LogP) is 11.6. The molecule has 0 saturated carbocycles. The monoisotopic (exact) mass is 545 g/mol. The zero-order valence-corrected chi connectivity index (χ0v) is 23.5. The largest absolute Gasteiger partial charge is 0.309 e. The number of nitrogens with zero attached hydrogens (tertiary/aromatic N) is 1. The molecule has 0 saturated heterocycles. The fraction of sp³-hybridized carbons (Fsp3) is 0. The lowest BCUT2D eigenvalue weighted by molar-refractivity contribution is 1.18. The van der Waals surface area contributed by atoms with Gasteiger partial charge in [-0.3, -0.25) is 0 Å². The summed E-state index contributed by atoms with van der Waals surface area (Å²) in [5.41, 5.74) is 8.57. The van der Waals surface area contributed by atoms with Gasteiger partial charge in [-0.25, -0.2) is 0 Å². The lowest BCUT2D eigenvalue weighted by Crippen LogP contribution is -1.94. The lowest BCUT2D eigenvalue weighted by atomic mass is 9.89. The first-order valence-electron chi connectivity index (χ1n) is 14.9. The molecule has 0 amide bonds. The zero-order valence-electron chi connectivity index (χ0n) is 23.5. The molecule has 1 nitrogen and oxygen atoms in total. The van der Waals surface area contributed by atoms with Crippen LogP contribution in [0.5, 0.6) is 0 Å². The van der Waals surface area contributed by atoms with E-state index in [4.69, 9.17) is 0 Å². The van der Waals surface area contributed by atoms with Gasteiger partial charge >= 0.3 is 0 Å². The van der Waals surface area contributed by atoms with Gasteiger partial charge in [-0.15, -0.1) is 0 Å². The highest BCUT2D eigenvalue weighted by atomic mass is 15.0. The van der Waals surface area contributed by atoms with Crippen LogP contribution in [0, 0.1) is 0 Å². The lowest BCUT2D eigenvalue weighted by Gasteiger charge is -2.15. The molecule has 8 aromatic carbocycles. The Labute approximate surface area is 249 Å². The molecule has 0 spiro atoms. The van der Waals surface area contributed by atoms with Crippen molar-refractivity contribution < 1.29 is 0 Å². The maximum absolute atomic E-state index is 2.40. The number of benzene rings is 8. The molecule has 9 aromatic rings. The highest BCUT2D eigenvalue weighted by Gasteiger charge is 2.15. The van der Waals surface area contributed by atoms with Crippen molar-refractivity contribution in [3.8, 4) is 27.9 Å². The number of aromatic nitrogens is 1. The van der Waals surface area contributed by atoms with Crippen molar-refractivity contribution in [2.24, 2.45) is 0 Å². The van der Waals surface area contributed by atoms with Gasteiger partial charge in [0.2, 0.25) is 0 Å². The predicted molar refractivity (Wildman–Crippen MR) is 184 cm³/mol. The average molecular weight is 546 g/mol. The van der Waals surface area contributed by atoms with E-state index in [0.29, 0.717) is 0 Å². The molecular weight excluding hydrogens is 518 g/mol. The molecule has 0 bridgehead atoms. The molecular formula is C42H27N. The quantitative estimate of drug-likeness (QED) is 0.195. The Morgan fingerprint density at radius 1 is 0.302 bits per heavy atom. The normalized spacial score (nSPS) is 11.7. The summed E-state index contributed by atoms with van der Waals surface area (Å²) in [4.78, 5) is 0. The first kappa shape index (κ1) is 24.0. The molecule has 43 heavy (non-hydrogen) atoms. The Bertz CT molecular complexity index is 2440. The van der Waals surface area contributed by atoms with E-state index in [9.17, 15) is 0 Å². The number of hydrogen-bond acceptors (Lipinski definition) is 0. The third-order valence-corrected chi connectivity index (χ3v) is 8.98. The van der Waals surface area contributed by atoms with Crippen molar-refractivity contribution in [3.63, 3.8) is 0 Å². The van der Waals surface area contributed by atoms with E-state index in [0.717, 1.165) is 5.69 Å². The molecule has 200 valence electrons. The molecule has 0 unspecified atom stereocenters. The van der Waals surface area contributed by atoms with Gasteiger partial charge in [0.1, 0.15) is 0 Å². The summed E-state index contributed by atoms with van der Waals surface area (Å²) in [5, 5.41) is 10.4. The number of para-hydroxylation sites is 1. The SMILES string of the molecule is c1ccc(-c2ccc3c(c2)c2ccccc2n3-c2ccc(-c3cccc4c5ccccc5c5ccccc5c34)cc2)cc1. The minimum absolute atomic E-state index is 1.16. The van der Waals surface area contributed by atoms with Crippen LogP contribution < -0.4 is 0 Å². The van der Waals surface area contributed by atoms with Gasteiger partial charge in [-0.1, -0.05) is 133 Å². The Morgan fingerprint density at radius 2 is 0.837 bits per heavy atom. The Balaban J connectivity index is 1.24. The highest BCUT2D eigenvalue weighted by molar-refractivity contribution is 6.28. The number of hydrogen-bond donors (Lipinski definition) is 0. The average Bonchev–Trinajstić information content (AvgIpc) is 3.42. The van der Waals surface area contributed by atoms with Crippen LogP contribution in [-0.2, 0) is 0 Å². The van der Waals surface area contributed by atoms with E-state index in [1.54, 1.807) is 0 Å². The van der Waals surface area contributed by atoms with Gasteiger partial charge in [0, 0.05) is 16.5 Å². The van der Waals surface area contributed by atoms with Crippen LogP contribution in [0.1, 0.15) is 0 Å². The molecule has 0 N–H and O–H groups in total. The molecule has 1 heterocycles. The second-order valence-corrected chi connectivity index (χ2v) is 11.3. The summed E-state index contributed by atoms with van der Waals surface area (Å²) in [5.74, 6) is 0. The second kappa shape index (κ2) is 9.44. The third kappa shape index (κ3) is 3.65. The Hall–Kier alpha value is -5.66. The molecule has 0 aliphatic rings. The molecule has 0 aliphatic heterocycles. The summed E-state index contributed by atoms with van der Waals surface area (Å²) in [6.45, 7) is 0. The maximum Gasteiger partial charge on any atom is 0.0541 e. The minimum Gasteiger partial charge on any atom is -0.309 e. The van der Waals surface area contributed by atoms with Crippen LogP contribution in [0.15, 0.2) is 164 Å². The Morgan fingerprint density at radius 3 is 1.56 bits per heavy atom. The summed E-state index contributed by atoms with van der Waals surface area (Å²) < 4.78 is 2.40. The van der Waals surface area contributed by atoms with E-state index in [-0.39, 0.29) is 0 Å². The van der Waals surface area contributed by atoms with Gasteiger partial charge in [0.25, 0.3) is 0 Å². The van der Waals surface area contributed by atoms with E-state index in [1.807, 2.05) is 0 Å². The number of rotatable bonds is 3. The summed E-state index contributed by atoms with van der Waals surface area (Å²) in [6.07, 6.45) is 0. The molecule has 0 radical (unpaired) electrons. The van der Waals surface area contributed by atoms with Gasteiger partial charge < -0.3 is 4.57 Å². The highest BCUT2D eigenvalue weighted by Crippen LogP contribution is 2.41. The maximum atomic E-state index is 2.40. The molecule has 0 atom stereocenters. The van der Waals surface area contributed by atoms with Crippen LogP contribution in [0.2, 0.25) is 0 Å². The molecule has 0 fully saturated rings. The van der Waals surface area contributed by atoms with Crippen molar-refractivity contribution in [3.05, 3.63) is 164 Å². The molecule has 0 aliphatic carbocycles. The van der Waals surface area contributed by atoms with Crippen LogP contribution in [0.4, 0.5) is 0 Å². The summed E-state index contributed by atoms with van der Waals surface area (Å²) in [7, 11) is 0. The van der Waals surface area contributed by atoms with E-state index in [2.05, 4.69) is 168 Å². The number of fused-ring (bicyclic) bond motifs is 9. The van der Waals surface area contributed by atoms with Gasteiger partial charge in [0.05, 0.1) is 11.0 Å². The van der Waals surface area contributed by atoms with Gasteiger partial charge in [-0.05, 0) is 84.9 Å². The van der Waals surface area contributed by atoms with Crippen molar-refractivity contribution in [1.29, 1.82) is 0 Å². The van der Waals surface area contributed by atoms with Crippen molar-refractivity contribution in [1.82, 2.24) is 4.57 Å². The first-order valence-corrected chi connectivity index (χ1v) is 14.9. The van der Waals surface area contributed by atoms with E-state index < -0.39 is 0 Å². The fourth-order valence-electron chi connectivity index (χ4n) is 7.05. The second-order valence-electron chi connectivity index (χ2n) is 11.3. The molecule has 9 rings (SSSR count). The smallest absolute Gasteiger partial charge is 0.0541 e.